The number of rotatable bonds is 6. The molecule has 1 unspecified atom stereocenters. The lowest BCUT2D eigenvalue weighted by Crippen LogP contribution is -2.27. The molecule has 1 aromatic heterocycles. The second-order valence-electron chi connectivity index (χ2n) is 6.08. The van der Waals surface area contributed by atoms with E-state index in [1.807, 2.05) is 0 Å². The summed E-state index contributed by atoms with van der Waals surface area (Å²) in [7, 11) is 2.07. The normalized spacial score (nSPS) is 18.7. The molecule has 1 aromatic rings. The minimum absolute atomic E-state index is 0.481. The summed E-state index contributed by atoms with van der Waals surface area (Å²) >= 11 is 0. The van der Waals surface area contributed by atoms with Gasteiger partial charge in [-0.2, -0.15) is 5.10 Å². The van der Waals surface area contributed by atoms with Crippen LogP contribution in [-0.4, -0.2) is 16.3 Å². The number of hydrogen-bond acceptors (Lipinski definition) is 2. The maximum Gasteiger partial charge on any atom is 0.0597 e. The van der Waals surface area contributed by atoms with Crippen LogP contribution >= 0.6 is 0 Å². The van der Waals surface area contributed by atoms with Gasteiger partial charge in [0.25, 0.3) is 0 Å². The minimum Gasteiger partial charge on any atom is -0.309 e. The molecule has 1 fully saturated rings. The van der Waals surface area contributed by atoms with E-state index >= 15 is 0 Å². The molecule has 1 heterocycles. The van der Waals surface area contributed by atoms with Crippen molar-refractivity contribution in [2.75, 3.05) is 6.54 Å². The Morgan fingerprint density at radius 2 is 2.11 bits per heavy atom. The predicted molar refractivity (Wildman–Crippen MR) is 80.2 cm³/mol. The van der Waals surface area contributed by atoms with Gasteiger partial charge in [-0.1, -0.05) is 39.0 Å². The van der Waals surface area contributed by atoms with E-state index in [1.54, 1.807) is 0 Å². The molecular weight excluding hydrogens is 234 g/mol. The van der Waals surface area contributed by atoms with Crippen LogP contribution < -0.4 is 5.32 Å². The monoisotopic (exact) mass is 263 g/mol. The van der Waals surface area contributed by atoms with Crippen LogP contribution in [0.2, 0.25) is 0 Å². The fourth-order valence-corrected chi connectivity index (χ4v) is 3.34. The summed E-state index contributed by atoms with van der Waals surface area (Å²) in [5.74, 6) is 0.901. The average Bonchev–Trinajstić information content (AvgIpc) is 2.75. The average molecular weight is 263 g/mol. The van der Waals surface area contributed by atoms with Crippen LogP contribution in [-0.2, 0) is 7.05 Å². The fraction of sp³-hybridized carbons (Fsp3) is 0.812. The van der Waals surface area contributed by atoms with E-state index in [-0.39, 0.29) is 0 Å². The van der Waals surface area contributed by atoms with Crippen LogP contribution in [0.5, 0.6) is 0 Å². The van der Waals surface area contributed by atoms with Crippen LogP contribution in [0.1, 0.15) is 69.3 Å². The Morgan fingerprint density at radius 1 is 1.37 bits per heavy atom. The third-order valence-corrected chi connectivity index (χ3v) is 4.33. The Balaban J connectivity index is 2.04. The maximum atomic E-state index is 4.51. The molecule has 1 saturated carbocycles. The quantitative estimate of drug-likeness (QED) is 0.847. The highest BCUT2D eigenvalue weighted by atomic mass is 15.3. The molecule has 1 atom stereocenters. The van der Waals surface area contributed by atoms with Gasteiger partial charge in [-0.3, -0.25) is 4.68 Å². The summed E-state index contributed by atoms with van der Waals surface area (Å²) < 4.78 is 2.06. The molecule has 1 aliphatic carbocycles. The van der Waals surface area contributed by atoms with Crippen molar-refractivity contribution in [3.8, 4) is 0 Å². The zero-order valence-electron chi connectivity index (χ0n) is 12.8. The molecule has 108 valence electrons. The second-order valence-corrected chi connectivity index (χ2v) is 6.08. The number of nitrogens with one attached hydrogen (secondary N) is 1. The van der Waals surface area contributed by atoms with E-state index in [9.17, 15) is 0 Å². The zero-order valence-corrected chi connectivity index (χ0v) is 12.8. The molecule has 3 heteroatoms. The molecule has 2 rings (SSSR count). The molecule has 1 aliphatic rings. The van der Waals surface area contributed by atoms with E-state index in [4.69, 9.17) is 0 Å². The standard InChI is InChI=1S/C16H29N3/c1-4-10-17-15(12-14-8-6-5-7-9-14)16-11-13(2)18-19(16)3/h11,14-15,17H,4-10,12H2,1-3H3. The van der Waals surface area contributed by atoms with Crippen LogP contribution in [0, 0.1) is 12.8 Å². The predicted octanol–water partition coefficient (Wildman–Crippen LogP) is 3.74. The molecule has 0 aliphatic heterocycles. The van der Waals surface area contributed by atoms with Crippen molar-refractivity contribution in [2.45, 2.75) is 64.8 Å². The molecule has 0 saturated heterocycles. The van der Waals surface area contributed by atoms with Gasteiger partial charge in [-0.25, -0.2) is 0 Å². The summed E-state index contributed by atoms with van der Waals surface area (Å²) in [6.07, 6.45) is 9.60. The lowest BCUT2D eigenvalue weighted by molar-refractivity contribution is 0.294. The lowest BCUT2D eigenvalue weighted by Gasteiger charge is -2.27. The molecule has 0 bridgehead atoms. The zero-order chi connectivity index (χ0) is 13.7. The van der Waals surface area contributed by atoms with Gasteiger partial charge < -0.3 is 5.32 Å². The van der Waals surface area contributed by atoms with E-state index in [2.05, 4.69) is 42.1 Å². The van der Waals surface area contributed by atoms with Gasteiger partial charge in [0.05, 0.1) is 11.4 Å². The van der Waals surface area contributed by atoms with E-state index in [1.165, 1.54) is 50.6 Å². The topological polar surface area (TPSA) is 29.9 Å². The fourth-order valence-electron chi connectivity index (χ4n) is 3.34. The van der Waals surface area contributed by atoms with Crippen molar-refractivity contribution < 1.29 is 0 Å². The first-order valence-corrected chi connectivity index (χ1v) is 7.94. The van der Waals surface area contributed by atoms with Gasteiger partial charge in [0.15, 0.2) is 0 Å². The third-order valence-electron chi connectivity index (χ3n) is 4.33. The molecule has 0 aromatic carbocycles. The van der Waals surface area contributed by atoms with Crippen LogP contribution in [0.25, 0.3) is 0 Å². The Hall–Kier alpha value is -0.830. The first kappa shape index (κ1) is 14.6. The SMILES string of the molecule is CCCNC(CC1CCCCC1)c1cc(C)nn1C. The van der Waals surface area contributed by atoms with Gasteiger partial charge in [-0.15, -0.1) is 0 Å². The Kier molecular flexibility index (Phi) is 5.44. The third kappa shape index (κ3) is 4.07. The highest BCUT2D eigenvalue weighted by molar-refractivity contribution is 5.13. The first-order valence-electron chi connectivity index (χ1n) is 7.94. The number of aromatic nitrogens is 2. The second kappa shape index (κ2) is 7.09. The number of aryl methyl sites for hydroxylation is 2. The van der Waals surface area contributed by atoms with Gasteiger partial charge in [0, 0.05) is 13.1 Å². The highest BCUT2D eigenvalue weighted by Crippen LogP contribution is 2.32. The van der Waals surface area contributed by atoms with Gasteiger partial charge in [0.2, 0.25) is 0 Å². The molecule has 0 spiro atoms. The number of nitrogens with zero attached hydrogens (tertiary/aromatic N) is 2. The Labute approximate surface area is 117 Å². The Bertz CT molecular complexity index is 377. The van der Waals surface area contributed by atoms with Crippen LogP contribution in [0.15, 0.2) is 6.07 Å². The molecule has 0 amide bonds. The molecule has 19 heavy (non-hydrogen) atoms. The number of hydrogen-bond donors (Lipinski definition) is 1. The molecule has 0 radical (unpaired) electrons. The van der Waals surface area contributed by atoms with Crippen LogP contribution in [0.4, 0.5) is 0 Å². The van der Waals surface area contributed by atoms with Crippen LogP contribution in [0.3, 0.4) is 0 Å². The van der Waals surface area contributed by atoms with Crippen molar-refractivity contribution in [1.29, 1.82) is 0 Å². The van der Waals surface area contributed by atoms with Crippen molar-refractivity contribution in [2.24, 2.45) is 13.0 Å². The van der Waals surface area contributed by atoms with Gasteiger partial charge in [0.1, 0.15) is 0 Å². The maximum absolute atomic E-state index is 4.51. The van der Waals surface area contributed by atoms with Crippen molar-refractivity contribution >= 4 is 0 Å². The molecule has 1 N–H and O–H groups in total. The lowest BCUT2D eigenvalue weighted by atomic mass is 9.84. The summed E-state index contributed by atoms with van der Waals surface area (Å²) in [5, 5.41) is 8.24. The highest BCUT2D eigenvalue weighted by Gasteiger charge is 2.22. The van der Waals surface area contributed by atoms with E-state index < -0.39 is 0 Å². The van der Waals surface area contributed by atoms with E-state index in [0.29, 0.717) is 6.04 Å². The molecular formula is C16H29N3. The summed E-state index contributed by atoms with van der Waals surface area (Å²) in [6.45, 7) is 5.42. The minimum atomic E-state index is 0.481. The van der Waals surface area contributed by atoms with Crippen molar-refractivity contribution in [1.82, 2.24) is 15.1 Å². The summed E-state index contributed by atoms with van der Waals surface area (Å²) in [4.78, 5) is 0. The van der Waals surface area contributed by atoms with Crippen molar-refractivity contribution in [3.63, 3.8) is 0 Å². The largest absolute Gasteiger partial charge is 0.309 e. The first-order chi connectivity index (χ1) is 9.20. The summed E-state index contributed by atoms with van der Waals surface area (Å²) in [6, 6.07) is 2.73. The van der Waals surface area contributed by atoms with E-state index in [0.717, 1.165) is 18.2 Å². The summed E-state index contributed by atoms with van der Waals surface area (Å²) in [5.41, 5.74) is 2.49. The van der Waals surface area contributed by atoms with Crippen molar-refractivity contribution in [3.05, 3.63) is 17.5 Å². The molecule has 3 nitrogen and oxygen atoms in total. The smallest absolute Gasteiger partial charge is 0.0597 e. The van der Waals surface area contributed by atoms with Gasteiger partial charge >= 0.3 is 0 Å². The van der Waals surface area contributed by atoms with Gasteiger partial charge in [-0.05, 0) is 38.3 Å². The Morgan fingerprint density at radius 3 is 2.68 bits per heavy atom.